The van der Waals surface area contributed by atoms with Crippen LogP contribution in [0.1, 0.15) is 25.8 Å². The summed E-state index contributed by atoms with van der Waals surface area (Å²) in [6.07, 6.45) is 0.556. The minimum atomic E-state index is -0.883. The van der Waals surface area contributed by atoms with Crippen molar-refractivity contribution >= 4 is 11.6 Å². The van der Waals surface area contributed by atoms with Crippen LogP contribution in [0.2, 0.25) is 0 Å². The first kappa shape index (κ1) is 15.4. The molecule has 0 N–H and O–H groups in total. The van der Waals surface area contributed by atoms with Gasteiger partial charge in [-0.05, 0) is 38.0 Å². The first-order valence-corrected chi connectivity index (χ1v) is 7.52. The third-order valence-corrected chi connectivity index (χ3v) is 4.36. The topological polar surface area (TPSA) is 47.3 Å². The van der Waals surface area contributed by atoms with Crippen LogP contribution in [0.15, 0.2) is 24.3 Å². The Balaban J connectivity index is 2.01. The van der Waals surface area contributed by atoms with Crippen LogP contribution in [0.25, 0.3) is 0 Å². The molecule has 0 saturated carbocycles. The summed E-state index contributed by atoms with van der Waals surface area (Å²) in [5.74, 6) is -0.0311. The Hall–Kier alpha value is -2.02. The summed E-state index contributed by atoms with van der Waals surface area (Å²) in [5, 5.41) is 9.24. The number of benzene rings is 1. The van der Waals surface area contributed by atoms with E-state index in [0.29, 0.717) is 19.5 Å². The lowest BCUT2D eigenvalue weighted by molar-refractivity contribution is -0.138. The third-order valence-electron chi connectivity index (χ3n) is 4.36. The number of rotatable bonds is 3. The van der Waals surface area contributed by atoms with Gasteiger partial charge in [0.25, 0.3) is 0 Å². The Kier molecular flexibility index (Phi) is 4.52. The minimum absolute atomic E-state index is 0.0311. The lowest BCUT2D eigenvalue weighted by Crippen LogP contribution is -2.52. The van der Waals surface area contributed by atoms with Crippen molar-refractivity contribution in [1.29, 1.82) is 5.26 Å². The number of nitrogens with zero attached hydrogens (tertiary/aromatic N) is 3. The number of amides is 1. The van der Waals surface area contributed by atoms with Gasteiger partial charge in [0.05, 0.1) is 6.07 Å². The van der Waals surface area contributed by atoms with Gasteiger partial charge in [-0.2, -0.15) is 5.26 Å². The van der Waals surface area contributed by atoms with E-state index >= 15 is 0 Å². The van der Waals surface area contributed by atoms with Crippen LogP contribution in [0.4, 0.5) is 5.69 Å². The van der Waals surface area contributed by atoms with Crippen LogP contribution in [-0.4, -0.2) is 37.0 Å². The van der Waals surface area contributed by atoms with Gasteiger partial charge in [0.15, 0.2) is 0 Å². The number of hydrogen-bond donors (Lipinski definition) is 0. The largest absolute Gasteiger partial charge is 0.368 e. The molecular formula is C17H23N3O. The van der Waals surface area contributed by atoms with Crippen LogP contribution < -0.4 is 4.90 Å². The molecule has 1 unspecified atom stereocenters. The van der Waals surface area contributed by atoms with Gasteiger partial charge in [-0.15, -0.1) is 0 Å². The Morgan fingerprint density at radius 2 is 2.00 bits per heavy atom. The zero-order chi connectivity index (χ0) is 15.5. The molecule has 4 heteroatoms. The predicted octanol–water partition coefficient (Wildman–Crippen LogP) is 2.58. The summed E-state index contributed by atoms with van der Waals surface area (Å²) in [4.78, 5) is 16.6. The molecule has 21 heavy (non-hydrogen) atoms. The van der Waals surface area contributed by atoms with E-state index in [4.69, 9.17) is 0 Å². The zero-order valence-electron chi connectivity index (χ0n) is 13.1. The first-order valence-electron chi connectivity index (χ1n) is 7.52. The standard InChI is InChI=1S/C17H23N3O/c1-4-17(3,13-18)16(21)20-10-8-19(9-11-20)15-7-5-6-14(2)12-15/h5-7,12H,4,8-11H2,1-3H3. The summed E-state index contributed by atoms with van der Waals surface area (Å²) in [7, 11) is 0. The van der Waals surface area contributed by atoms with Crippen molar-refractivity contribution in [2.24, 2.45) is 5.41 Å². The summed E-state index contributed by atoms with van der Waals surface area (Å²) < 4.78 is 0. The summed E-state index contributed by atoms with van der Waals surface area (Å²) >= 11 is 0. The minimum Gasteiger partial charge on any atom is -0.368 e. The van der Waals surface area contributed by atoms with Crippen LogP contribution in [-0.2, 0) is 4.79 Å². The molecule has 0 bridgehead atoms. The molecule has 4 nitrogen and oxygen atoms in total. The normalized spacial score (nSPS) is 18.0. The number of aryl methyl sites for hydroxylation is 1. The number of hydrogen-bond acceptors (Lipinski definition) is 3. The average molecular weight is 285 g/mol. The summed E-state index contributed by atoms with van der Waals surface area (Å²) in [6.45, 7) is 8.73. The van der Waals surface area contributed by atoms with E-state index in [1.807, 2.05) is 11.8 Å². The van der Waals surface area contributed by atoms with E-state index in [2.05, 4.69) is 42.2 Å². The van der Waals surface area contributed by atoms with E-state index in [0.717, 1.165) is 13.1 Å². The van der Waals surface area contributed by atoms with Crippen LogP contribution >= 0.6 is 0 Å². The van der Waals surface area contributed by atoms with Gasteiger partial charge < -0.3 is 9.80 Å². The Bertz CT molecular complexity index is 555. The van der Waals surface area contributed by atoms with Crippen molar-refractivity contribution < 1.29 is 4.79 Å². The molecular weight excluding hydrogens is 262 g/mol. The quantitative estimate of drug-likeness (QED) is 0.857. The second-order valence-corrected chi connectivity index (χ2v) is 5.92. The molecule has 112 valence electrons. The molecule has 1 aliphatic heterocycles. The first-order chi connectivity index (χ1) is 10.00. The SMILES string of the molecule is CCC(C)(C#N)C(=O)N1CCN(c2cccc(C)c2)CC1. The third kappa shape index (κ3) is 3.18. The number of nitriles is 1. The smallest absolute Gasteiger partial charge is 0.242 e. The fourth-order valence-electron chi connectivity index (χ4n) is 2.62. The molecule has 0 spiro atoms. The fourth-order valence-corrected chi connectivity index (χ4v) is 2.62. The van der Waals surface area contributed by atoms with Crippen molar-refractivity contribution in [3.63, 3.8) is 0 Å². The molecule has 1 saturated heterocycles. The van der Waals surface area contributed by atoms with Gasteiger partial charge in [0, 0.05) is 31.9 Å². The number of anilines is 1. The maximum Gasteiger partial charge on any atom is 0.242 e. The van der Waals surface area contributed by atoms with Gasteiger partial charge in [-0.1, -0.05) is 19.1 Å². The van der Waals surface area contributed by atoms with Gasteiger partial charge in [0.2, 0.25) is 5.91 Å². The lowest BCUT2D eigenvalue weighted by Gasteiger charge is -2.38. The molecule has 1 atom stereocenters. The van der Waals surface area contributed by atoms with Crippen molar-refractivity contribution in [1.82, 2.24) is 4.90 Å². The maximum atomic E-state index is 12.5. The highest BCUT2D eigenvalue weighted by molar-refractivity contribution is 5.85. The molecule has 1 aromatic carbocycles. The molecule has 1 aromatic rings. The highest BCUT2D eigenvalue weighted by Gasteiger charge is 2.36. The van der Waals surface area contributed by atoms with Gasteiger partial charge in [-0.3, -0.25) is 4.79 Å². The maximum absolute atomic E-state index is 12.5. The molecule has 1 amide bonds. The fraction of sp³-hybridized carbons (Fsp3) is 0.529. The zero-order valence-corrected chi connectivity index (χ0v) is 13.1. The predicted molar refractivity (Wildman–Crippen MR) is 84.0 cm³/mol. The number of carbonyl (C=O) groups excluding carboxylic acids is 1. The van der Waals surface area contributed by atoms with E-state index in [9.17, 15) is 10.1 Å². The average Bonchev–Trinajstić information content (AvgIpc) is 2.53. The van der Waals surface area contributed by atoms with Gasteiger partial charge in [-0.25, -0.2) is 0 Å². The number of carbonyl (C=O) groups is 1. The molecule has 0 aromatic heterocycles. The van der Waals surface area contributed by atoms with Crippen LogP contribution in [0, 0.1) is 23.7 Å². The number of piperazine rings is 1. The molecule has 0 aliphatic carbocycles. The van der Waals surface area contributed by atoms with E-state index < -0.39 is 5.41 Å². The van der Waals surface area contributed by atoms with Gasteiger partial charge in [0.1, 0.15) is 5.41 Å². The Labute approximate surface area is 127 Å². The summed E-state index contributed by atoms with van der Waals surface area (Å²) in [6, 6.07) is 10.6. The summed E-state index contributed by atoms with van der Waals surface area (Å²) in [5.41, 5.74) is 1.57. The van der Waals surface area contributed by atoms with Crippen molar-refractivity contribution in [3.8, 4) is 6.07 Å². The Morgan fingerprint density at radius 1 is 1.33 bits per heavy atom. The van der Waals surface area contributed by atoms with Crippen molar-refractivity contribution in [2.45, 2.75) is 27.2 Å². The molecule has 0 radical (unpaired) electrons. The van der Waals surface area contributed by atoms with E-state index in [-0.39, 0.29) is 5.91 Å². The second-order valence-electron chi connectivity index (χ2n) is 5.92. The molecule has 2 rings (SSSR count). The molecule has 1 heterocycles. The van der Waals surface area contributed by atoms with Crippen molar-refractivity contribution in [2.75, 3.05) is 31.1 Å². The highest BCUT2D eigenvalue weighted by Crippen LogP contribution is 2.25. The van der Waals surface area contributed by atoms with Crippen LogP contribution in [0.5, 0.6) is 0 Å². The Morgan fingerprint density at radius 3 is 2.52 bits per heavy atom. The second kappa shape index (κ2) is 6.17. The van der Waals surface area contributed by atoms with Crippen molar-refractivity contribution in [3.05, 3.63) is 29.8 Å². The van der Waals surface area contributed by atoms with Gasteiger partial charge >= 0.3 is 0 Å². The van der Waals surface area contributed by atoms with E-state index in [1.165, 1.54) is 11.3 Å². The van der Waals surface area contributed by atoms with Crippen LogP contribution in [0.3, 0.4) is 0 Å². The molecule has 1 fully saturated rings. The molecule has 1 aliphatic rings. The monoisotopic (exact) mass is 285 g/mol. The van der Waals surface area contributed by atoms with E-state index in [1.54, 1.807) is 6.92 Å². The lowest BCUT2D eigenvalue weighted by atomic mass is 9.87. The highest BCUT2D eigenvalue weighted by atomic mass is 16.2.